The highest BCUT2D eigenvalue weighted by atomic mass is 35.5. The molecule has 0 bridgehead atoms. The fourth-order valence-electron chi connectivity index (χ4n) is 4.53. The summed E-state index contributed by atoms with van der Waals surface area (Å²) in [6, 6.07) is 20.0. The van der Waals surface area contributed by atoms with Crippen LogP contribution in [0.1, 0.15) is 10.4 Å². The van der Waals surface area contributed by atoms with Gasteiger partial charge in [0.25, 0.3) is 5.91 Å². The van der Waals surface area contributed by atoms with E-state index in [4.69, 9.17) is 27.9 Å². The quantitative estimate of drug-likeness (QED) is 0.280. The van der Waals surface area contributed by atoms with Gasteiger partial charge < -0.3 is 9.64 Å². The van der Waals surface area contributed by atoms with Crippen LogP contribution in [0.2, 0.25) is 10.0 Å². The number of benzene rings is 3. The molecule has 0 spiro atoms. The zero-order valence-corrected chi connectivity index (χ0v) is 23.6. The molecule has 212 valence electrons. The number of rotatable bonds is 9. The highest BCUT2D eigenvalue weighted by Crippen LogP contribution is 2.25. The highest BCUT2D eigenvalue weighted by Gasteiger charge is 2.24. The maximum atomic E-state index is 13.6. The van der Waals surface area contributed by atoms with E-state index in [1.54, 1.807) is 35.0 Å². The number of anilines is 1. The predicted octanol–water partition coefficient (Wildman–Crippen LogP) is 5.40. The Hall–Kier alpha value is -3.76. The molecule has 0 atom stereocenters. The number of amides is 2. The standard InChI is InChI=1S/C30H28Cl2FN5O3/c31-22-6-11-25(26(32)18-22)29(40)37(13-12-36-14-16-41-17-15-36)20-28(39)35-30-34-27(21-4-2-1-3-5-21)19-38(30)24-9-7-23(33)8-10-24/h1-11,18-19H,12-17,20H2,(H,34,35,39). The second-order valence-corrected chi connectivity index (χ2v) is 10.4. The lowest BCUT2D eigenvalue weighted by molar-refractivity contribution is -0.117. The summed E-state index contributed by atoms with van der Waals surface area (Å²) in [5.74, 6) is -0.968. The minimum atomic E-state index is -0.445. The Morgan fingerprint density at radius 2 is 1.73 bits per heavy atom. The lowest BCUT2D eigenvalue weighted by Gasteiger charge is -2.30. The average Bonchev–Trinajstić information content (AvgIpc) is 3.40. The van der Waals surface area contributed by atoms with Gasteiger partial charge in [-0.15, -0.1) is 0 Å². The molecule has 0 saturated carbocycles. The van der Waals surface area contributed by atoms with Crippen LogP contribution >= 0.6 is 23.2 Å². The van der Waals surface area contributed by atoms with Crippen LogP contribution in [0.3, 0.4) is 0 Å². The van der Waals surface area contributed by atoms with Crippen molar-refractivity contribution in [3.05, 3.63) is 100 Å². The van der Waals surface area contributed by atoms with Gasteiger partial charge >= 0.3 is 0 Å². The minimum absolute atomic E-state index is 0.207. The van der Waals surface area contributed by atoms with Gasteiger partial charge in [0.05, 0.1) is 29.5 Å². The summed E-state index contributed by atoms with van der Waals surface area (Å²) in [5.41, 5.74) is 2.34. The molecule has 41 heavy (non-hydrogen) atoms. The van der Waals surface area contributed by atoms with E-state index in [0.29, 0.717) is 42.7 Å². The monoisotopic (exact) mass is 595 g/mol. The summed E-state index contributed by atoms with van der Waals surface area (Å²) < 4.78 is 20.7. The van der Waals surface area contributed by atoms with Gasteiger partial charge in [-0.3, -0.25) is 24.4 Å². The Morgan fingerprint density at radius 3 is 2.44 bits per heavy atom. The van der Waals surface area contributed by atoms with Crippen molar-refractivity contribution in [1.29, 1.82) is 0 Å². The predicted molar refractivity (Wildman–Crippen MR) is 157 cm³/mol. The second kappa shape index (κ2) is 13.3. The molecule has 2 heterocycles. The van der Waals surface area contributed by atoms with Crippen LogP contribution < -0.4 is 5.32 Å². The van der Waals surface area contributed by atoms with Crippen LogP contribution in [0.15, 0.2) is 79.0 Å². The van der Waals surface area contributed by atoms with Crippen molar-refractivity contribution in [1.82, 2.24) is 19.4 Å². The molecular formula is C30H28Cl2FN5O3. The first kappa shape index (κ1) is 28.8. The van der Waals surface area contributed by atoms with Crippen LogP contribution in [-0.4, -0.2) is 77.1 Å². The number of ether oxygens (including phenoxy) is 1. The summed E-state index contributed by atoms with van der Waals surface area (Å²) in [6.45, 7) is 3.35. The van der Waals surface area contributed by atoms with E-state index in [2.05, 4.69) is 15.2 Å². The summed E-state index contributed by atoms with van der Waals surface area (Å²) >= 11 is 12.4. The first-order valence-electron chi connectivity index (χ1n) is 13.1. The zero-order chi connectivity index (χ0) is 28.8. The number of hydrogen-bond donors (Lipinski definition) is 1. The fourth-order valence-corrected chi connectivity index (χ4v) is 5.01. The number of nitrogens with zero attached hydrogens (tertiary/aromatic N) is 4. The van der Waals surface area contributed by atoms with E-state index >= 15 is 0 Å². The van der Waals surface area contributed by atoms with Gasteiger partial charge in [0.15, 0.2) is 0 Å². The van der Waals surface area contributed by atoms with Crippen LogP contribution in [-0.2, 0) is 9.53 Å². The van der Waals surface area contributed by atoms with Gasteiger partial charge in [-0.05, 0) is 42.5 Å². The van der Waals surface area contributed by atoms with Crippen LogP contribution in [0.5, 0.6) is 0 Å². The molecule has 5 rings (SSSR count). The fraction of sp³-hybridized carbons (Fsp3) is 0.233. The van der Waals surface area contributed by atoms with Gasteiger partial charge in [-0.1, -0.05) is 53.5 Å². The Bertz CT molecular complexity index is 1510. The van der Waals surface area contributed by atoms with Crippen LogP contribution in [0.25, 0.3) is 16.9 Å². The van der Waals surface area contributed by atoms with Crippen molar-refractivity contribution in [2.45, 2.75) is 0 Å². The first-order valence-corrected chi connectivity index (χ1v) is 13.9. The summed E-state index contributed by atoms with van der Waals surface area (Å²) in [7, 11) is 0. The van der Waals surface area contributed by atoms with Crippen molar-refractivity contribution in [2.75, 3.05) is 51.3 Å². The van der Waals surface area contributed by atoms with E-state index < -0.39 is 5.91 Å². The SMILES string of the molecule is O=C(CN(CCN1CCOCC1)C(=O)c1ccc(Cl)cc1Cl)Nc1nc(-c2ccccc2)cn1-c1ccc(F)cc1. The molecule has 1 aliphatic heterocycles. The zero-order valence-electron chi connectivity index (χ0n) is 22.1. The Balaban J connectivity index is 1.39. The van der Waals surface area contributed by atoms with Crippen molar-refractivity contribution < 1.29 is 18.7 Å². The van der Waals surface area contributed by atoms with Gasteiger partial charge in [-0.2, -0.15) is 0 Å². The normalized spacial score (nSPS) is 13.6. The van der Waals surface area contributed by atoms with Crippen molar-refractivity contribution in [3.63, 3.8) is 0 Å². The highest BCUT2D eigenvalue weighted by molar-refractivity contribution is 6.36. The lowest BCUT2D eigenvalue weighted by atomic mass is 10.2. The molecule has 1 aliphatic rings. The first-order chi connectivity index (χ1) is 19.9. The number of hydrogen-bond acceptors (Lipinski definition) is 5. The summed E-state index contributed by atoms with van der Waals surface area (Å²) in [5, 5.41) is 3.47. The number of carbonyl (C=O) groups is 2. The molecule has 1 N–H and O–H groups in total. The number of halogens is 3. The summed E-state index contributed by atoms with van der Waals surface area (Å²) in [4.78, 5) is 35.3. The molecule has 2 amide bonds. The molecule has 0 unspecified atom stereocenters. The molecule has 4 aromatic rings. The smallest absolute Gasteiger partial charge is 0.255 e. The summed E-state index contributed by atoms with van der Waals surface area (Å²) in [6.07, 6.45) is 1.77. The molecule has 8 nitrogen and oxygen atoms in total. The number of morpholine rings is 1. The molecule has 11 heteroatoms. The Morgan fingerprint density at radius 1 is 1.00 bits per heavy atom. The van der Waals surface area contributed by atoms with Gasteiger partial charge in [0, 0.05) is 48.6 Å². The molecule has 1 aromatic heterocycles. The Labute approximate surface area is 247 Å². The van der Waals surface area contributed by atoms with Gasteiger partial charge in [0.2, 0.25) is 11.9 Å². The Kier molecular flexibility index (Phi) is 9.31. The van der Waals surface area contributed by atoms with E-state index in [1.165, 1.54) is 23.1 Å². The van der Waals surface area contributed by atoms with Gasteiger partial charge in [0.1, 0.15) is 12.4 Å². The largest absolute Gasteiger partial charge is 0.379 e. The number of carbonyl (C=O) groups excluding carboxylic acids is 2. The number of nitrogens with one attached hydrogen (secondary N) is 1. The average molecular weight is 596 g/mol. The lowest BCUT2D eigenvalue weighted by Crippen LogP contribution is -2.45. The molecule has 1 saturated heterocycles. The number of imidazole rings is 1. The second-order valence-electron chi connectivity index (χ2n) is 9.52. The van der Waals surface area contributed by atoms with Crippen molar-refractivity contribution >= 4 is 41.0 Å². The van der Waals surface area contributed by atoms with Crippen LogP contribution in [0, 0.1) is 5.82 Å². The van der Waals surface area contributed by atoms with Crippen molar-refractivity contribution in [3.8, 4) is 16.9 Å². The maximum absolute atomic E-state index is 13.6. The molecular weight excluding hydrogens is 568 g/mol. The third kappa shape index (κ3) is 7.31. The van der Waals surface area contributed by atoms with E-state index in [1.807, 2.05) is 30.3 Å². The van der Waals surface area contributed by atoms with Crippen molar-refractivity contribution in [2.24, 2.45) is 0 Å². The molecule has 0 radical (unpaired) electrons. The van der Waals surface area contributed by atoms with E-state index in [9.17, 15) is 14.0 Å². The third-order valence-corrected chi connectivity index (χ3v) is 7.25. The van der Waals surface area contributed by atoms with Gasteiger partial charge in [-0.25, -0.2) is 9.37 Å². The maximum Gasteiger partial charge on any atom is 0.255 e. The number of aromatic nitrogens is 2. The topological polar surface area (TPSA) is 79.7 Å². The molecule has 0 aliphatic carbocycles. The molecule has 1 fully saturated rings. The van der Waals surface area contributed by atoms with Crippen LogP contribution in [0.4, 0.5) is 10.3 Å². The minimum Gasteiger partial charge on any atom is -0.379 e. The van der Waals surface area contributed by atoms with E-state index in [0.717, 1.165) is 18.7 Å². The third-order valence-electron chi connectivity index (χ3n) is 6.70. The molecule has 3 aromatic carbocycles. The van der Waals surface area contributed by atoms with E-state index in [-0.39, 0.29) is 34.8 Å².